The highest BCUT2D eigenvalue weighted by atomic mass is 16.5. The summed E-state index contributed by atoms with van der Waals surface area (Å²) in [6.07, 6.45) is 3.63. The molecule has 0 saturated heterocycles. The average Bonchev–Trinajstić information content (AvgIpc) is 3.18. The Morgan fingerprint density at radius 2 is 1.87 bits per heavy atom. The fourth-order valence-corrected chi connectivity index (χ4v) is 5.14. The number of carbonyl (C=O) groups excluding carboxylic acids is 3. The van der Waals surface area contributed by atoms with Crippen molar-refractivity contribution in [1.82, 2.24) is 10.6 Å². The molecule has 0 aromatic heterocycles. The van der Waals surface area contributed by atoms with Crippen molar-refractivity contribution >= 4 is 29.9 Å². The molecule has 1 unspecified atom stereocenters. The van der Waals surface area contributed by atoms with Crippen LogP contribution in [-0.2, 0) is 23.9 Å². The zero-order valence-electron chi connectivity index (χ0n) is 23.1. The number of hydrogen-bond donors (Lipinski definition) is 6. The standard InChI is InChI=1S/C28H42N4O7/c1-5-19(6-2)25(31-17(4)33)24-21(32-28(29)30)15-20(26(24)36)27(37)39-13-7-12-38-23(35)11-10-18-9-8-16(3)22(34)14-18/h8-11,14,19-21,24-26,34,36H,5-7,12-13,15H2,1-4H3,(H,31,33)(H4,29,30,32)/b11-10+/t20?,21-,24-,25+,26-/m1/s1. The van der Waals surface area contributed by atoms with Gasteiger partial charge in [0.05, 0.1) is 25.2 Å². The molecule has 0 heterocycles. The molecule has 0 aliphatic heterocycles. The number of carbonyl (C=O) groups is 3. The first-order valence-corrected chi connectivity index (χ1v) is 13.3. The molecule has 7 N–H and O–H groups in total. The van der Waals surface area contributed by atoms with Crippen LogP contribution in [0.2, 0.25) is 0 Å². The Kier molecular flexibility index (Phi) is 12.2. The second-order valence-electron chi connectivity index (χ2n) is 9.95. The van der Waals surface area contributed by atoms with E-state index >= 15 is 0 Å². The number of aliphatic hydroxyl groups is 1. The second kappa shape index (κ2) is 15.1. The quantitative estimate of drug-likeness (QED) is 0.0708. The first-order chi connectivity index (χ1) is 18.5. The maximum Gasteiger partial charge on any atom is 0.330 e. The number of esters is 2. The third kappa shape index (κ3) is 9.27. The summed E-state index contributed by atoms with van der Waals surface area (Å²) in [5.74, 6) is -2.93. The fourth-order valence-electron chi connectivity index (χ4n) is 5.14. The number of aromatic hydroxyl groups is 1. The zero-order chi connectivity index (χ0) is 29.1. The molecule has 0 bridgehead atoms. The molecule has 216 valence electrons. The molecule has 0 radical (unpaired) electrons. The predicted octanol–water partition coefficient (Wildman–Crippen LogP) is 1.98. The predicted molar refractivity (Wildman–Crippen MR) is 147 cm³/mol. The van der Waals surface area contributed by atoms with Crippen LogP contribution >= 0.6 is 0 Å². The minimum absolute atomic E-state index is 0.0119. The van der Waals surface area contributed by atoms with Crippen LogP contribution in [0.5, 0.6) is 5.75 Å². The molecule has 1 aromatic carbocycles. The van der Waals surface area contributed by atoms with Crippen LogP contribution < -0.4 is 16.4 Å². The van der Waals surface area contributed by atoms with Crippen molar-refractivity contribution in [1.29, 1.82) is 5.41 Å². The van der Waals surface area contributed by atoms with Crippen molar-refractivity contribution in [3.63, 3.8) is 0 Å². The van der Waals surface area contributed by atoms with Crippen LogP contribution in [-0.4, -0.2) is 65.4 Å². The lowest BCUT2D eigenvalue weighted by atomic mass is 9.80. The molecule has 1 aliphatic rings. The van der Waals surface area contributed by atoms with Gasteiger partial charge in [0.1, 0.15) is 5.75 Å². The lowest BCUT2D eigenvalue weighted by Gasteiger charge is -2.36. The van der Waals surface area contributed by atoms with Gasteiger partial charge in [0.15, 0.2) is 5.96 Å². The molecule has 1 fully saturated rings. The van der Waals surface area contributed by atoms with Crippen LogP contribution in [0.4, 0.5) is 0 Å². The van der Waals surface area contributed by atoms with Gasteiger partial charge in [-0.3, -0.25) is 15.0 Å². The molecule has 5 atom stereocenters. The van der Waals surface area contributed by atoms with Gasteiger partial charge in [-0.1, -0.05) is 38.8 Å². The Balaban J connectivity index is 1.92. The molecule has 1 saturated carbocycles. The zero-order valence-corrected chi connectivity index (χ0v) is 23.1. The van der Waals surface area contributed by atoms with Crippen molar-refractivity contribution in [2.45, 2.75) is 71.6 Å². The van der Waals surface area contributed by atoms with Crippen molar-refractivity contribution in [2.24, 2.45) is 23.5 Å². The molecule has 0 spiro atoms. The Hall–Kier alpha value is -3.60. The number of ether oxygens (including phenoxy) is 2. The number of aryl methyl sites for hydroxylation is 1. The average molecular weight is 547 g/mol. The van der Waals surface area contributed by atoms with Crippen LogP contribution in [0, 0.1) is 30.1 Å². The Morgan fingerprint density at radius 1 is 1.21 bits per heavy atom. The lowest BCUT2D eigenvalue weighted by molar-refractivity contribution is -0.152. The highest BCUT2D eigenvalue weighted by molar-refractivity contribution is 5.87. The van der Waals surface area contributed by atoms with Crippen molar-refractivity contribution in [3.8, 4) is 5.75 Å². The normalized spacial score (nSPS) is 21.5. The van der Waals surface area contributed by atoms with Crippen molar-refractivity contribution in [2.75, 3.05) is 13.2 Å². The second-order valence-corrected chi connectivity index (χ2v) is 9.95. The number of phenolic OH excluding ortho intramolecular Hbond substituents is 1. The van der Waals surface area contributed by atoms with Gasteiger partial charge in [-0.2, -0.15) is 0 Å². The first-order valence-electron chi connectivity index (χ1n) is 13.3. The van der Waals surface area contributed by atoms with E-state index in [0.29, 0.717) is 5.56 Å². The van der Waals surface area contributed by atoms with Gasteiger partial charge in [-0.25, -0.2) is 4.79 Å². The van der Waals surface area contributed by atoms with Crippen LogP contribution in [0.15, 0.2) is 24.3 Å². The van der Waals surface area contributed by atoms with E-state index in [4.69, 9.17) is 20.6 Å². The molecule has 1 aromatic rings. The SMILES string of the molecule is CCC(CC)[C@H](NC(C)=O)[C@@H]1[C@H](O)C(C(=O)OCCCOC(=O)/C=C/c2ccc(C)c(O)c2)C[C@H]1NC(=N)N. The molecule has 11 nitrogen and oxygen atoms in total. The summed E-state index contributed by atoms with van der Waals surface area (Å²) < 4.78 is 10.5. The van der Waals surface area contributed by atoms with Gasteiger partial charge in [0.25, 0.3) is 0 Å². The fraction of sp³-hybridized carbons (Fsp3) is 0.571. The van der Waals surface area contributed by atoms with Gasteiger partial charge in [-0.15, -0.1) is 0 Å². The van der Waals surface area contributed by atoms with E-state index in [0.717, 1.165) is 18.4 Å². The van der Waals surface area contributed by atoms with Gasteiger partial charge >= 0.3 is 11.9 Å². The van der Waals surface area contributed by atoms with E-state index in [-0.39, 0.29) is 49.6 Å². The topological polar surface area (TPSA) is 184 Å². The molecular formula is C28H42N4O7. The Labute approximate surface area is 229 Å². The summed E-state index contributed by atoms with van der Waals surface area (Å²) >= 11 is 0. The van der Waals surface area contributed by atoms with E-state index in [1.165, 1.54) is 19.1 Å². The van der Waals surface area contributed by atoms with Crippen LogP contribution in [0.25, 0.3) is 6.08 Å². The maximum absolute atomic E-state index is 12.9. The lowest BCUT2D eigenvalue weighted by Crippen LogP contribution is -2.54. The molecular weight excluding hydrogens is 504 g/mol. The van der Waals surface area contributed by atoms with E-state index in [1.54, 1.807) is 25.1 Å². The number of rotatable bonds is 13. The van der Waals surface area contributed by atoms with Gasteiger partial charge in [-0.05, 0) is 42.5 Å². The number of benzene rings is 1. The van der Waals surface area contributed by atoms with Crippen molar-refractivity contribution < 1.29 is 34.1 Å². The van der Waals surface area contributed by atoms with E-state index in [1.807, 2.05) is 13.8 Å². The smallest absolute Gasteiger partial charge is 0.330 e. The molecule has 1 amide bonds. The number of phenols is 1. The molecule has 11 heteroatoms. The number of aliphatic hydroxyl groups excluding tert-OH is 1. The summed E-state index contributed by atoms with van der Waals surface area (Å²) in [4.78, 5) is 36.8. The summed E-state index contributed by atoms with van der Waals surface area (Å²) in [5.41, 5.74) is 6.96. The number of amides is 1. The van der Waals surface area contributed by atoms with Crippen molar-refractivity contribution in [3.05, 3.63) is 35.4 Å². The number of nitrogens with one attached hydrogen (secondary N) is 3. The van der Waals surface area contributed by atoms with E-state index in [9.17, 15) is 24.6 Å². The summed E-state index contributed by atoms with van der Waals surface area (Å²) in [7, 11) is 0. The Morgan fingerprint density at radius 3 is 2.46 bits per heavy atom. The van der Waals surface area contributed by atoms with Gasteiger partial charge in [0, 0.05) is 37.4 Å². The van der Waals surface area contributed by atoms with Crippen LogP contribution in [0.1, 0.15) is 57.6 Å². The van der Waals surface area contributed by atoms with Gasteiger partial charge in [0.2, 0.25) is 5.91 Å². The number of guanidine groups is 1. The maximum atomic E-state index is 12.9. The number of hydrogen-bond acceptors (Lipinski definition) is 8. The summed E-state index contributed by atoms with van der Waals surface area (Å²) in [6, 6.07) is 4.12. The minimum atomic E-state index is -1.11. The largest absolute Gasteiger partial charge is 0.508 e. The monoisotopic (exact) mass is 546 g/mol. The highest BCUT2D eigenvalue weighted by Crippen LogP contribution is 2.38. The summed E-state index contributed by atoms with van der Waals surface area (Å²) in [6.45, 7) is 7.19. The third-order valence-electron chi connectivity index (χ3n) is 7.19. The molecule has 1 aliphatic carbocycles. The van der Waals surface area contributed by atoms with E-state index < -0.39 is 42.0 Å². The number of nitrogens with two attached hydrogens (primary N) is 1. The first kappa shape index (κ1) is 31.6. The van der Waals surface area contributed by atoms with Gasteiger partial charge < -0.3 is 36.1 Å². The molecule has 2 rings (SSSR count). The minimum Gasteiger partial charge on any atom is -0.508 e. The molecule has 39 heavy (non-hydrogen) atoms. The highest BCUT2D eigenvalue weighted by Gasteiger charge is 2.51. The Bertz CT molecular complexity index is 1040. The van der Waals surface area contributed by atoms with Crippen LogP contribution in [0.3, 0.4) is 0 Å². The third-order valence-corrected chi connectivity index (χ3v) is 7.19. The summed E-state index contributed by atoms with van der Waals surface area (Å²) in [5, 5.41) is 34.4. The van der Waals surface area contributed by atoms with E-state index in [2.05, 4.69) is 10.6 Å².